The van der Waals surface area contributed by atoms with E-state index in [1.807, 2.05) is 21.7 Å². The van der Waals surface area contributed by atoms with Gasteiger partial charge in [0, 0.05) is 12.7 Å². The summed E-state index contributed by atoms with van der Waals surface area (Å²) in [5.74, 6) is -1.37. The van der Waals surface area contributed by atoms with Crippen molar-refractivity contribution in [3.63, 3.8) is 0 Å². The first-order valence-electron chi connectivity index (χ1n) is 10.1. The van der Waals surface area contributed by atoms with Crippen molar-refractivity contribution in [2.45, 2.75) is 52.1 Å². The maximum absolute atomic E-state index is 13.2. The number of hydrogen-bond donors (Lipinski definition) is 1. The average Bonchev–Trinajstić information content (AvgIpc) is 3.02. The third-order valence-electron chi connectivity index (χ3n) is 4.86. The first kappa shape index (κ1) is 22.2. The Morgan fingerprint density at radius 3 is 2.67 bits per heavy atom. The number of halogens is 1. The molecule has 1 saturated heterocycles. The highest BCUT2D eigenvalue weighted by Crippen LogP contribution is 2.23. The lowest BCUT2D eigenvalue weighted by Gasteiger charge is -2.20. The number of nitrogens with zero attached hydrogens (tertiary/aromatic N) is 1. The molecule has 0 unspecified atom stereocenters. The molecule has 1 atom stereocenters. The molecular weight excluding hydrogens is 386 g/mol. The lowest BCUT2D eigenvalue weighted by molar-refractivity contribution is -0.136. The summed E-state index contributed by atoms with van der Waals surface area (Å²) in [5.41, 5.74) is 3.65. The van der Waals surface area contributed by atoms with E-state index >= 15 is 0 Å². The van der Waals surface area contributed by atoms with Crippen LogP contribution in [0.15, 0.2) is 30.5 Å². The van der Waals surface area contributed by atoms with Gasteiger partial charge in [0.05, 0.1) is 18.4 Å². The zero-order valence-corrected chi connectivity index (χ0v) is 18.1. The Kier molecular flexibility index (Phi) is 6.78. The number of anilines is 1. The summed E-state index contributed by atoms with van der Waals surface area (Å²) < 4.78 is 30.1. The number of esters is 1. The Morgan fingerprint density at radius 2 is 2.07 bits per heavy atom. The number of pyridine rings is 1. The first-order chi connectivity index (χ1) is 14.1. The minimum atomic E-state index is -0.622. The van der Waals surface area contributed by atoms with E-state index in [2.05, 4.69) is 10.3 Å². The van der Waals surface area contributed by atoms with Gasteiger partial charge in [-0.15, -0.1) is 0 Å². The summed E-state index contributed by atoms with van der Waals surface area (Å²) in [6, 6.07) is 6.36. The second kappa shape index (κ2) is 9.14. The van der Waals surface area contributed by atoms with Crippen molar-refractivity contribution in [3.05, 3.63) is 53.1 Å². The number of hydrogen-bond acceptors (Lipinski definition) is 6. The van der Waals surface area contributed by atoms with Crippen molar-refractivity contribution >= 4 is 25.0 Å². The Bertz CT molecular complexity index is 903. The lowest BCUT2D eigenvalue weighted by Crippen LogP contribution is -2.30. The number of nitrogens with one attached hydrogen (secondary N) is 1. The molecule has 3 rings (SSSR count). The predicted molar refractivity (Wildman–Crippen MR) is 116 cm³/mol. The summed E-state index contributed by atoms with van der Waals surface area (Å²) in [7, 11) is 1.94. The molecule has 0 radical (unpaired) electrons. The Balaban J connectivity index is 1.86. The van der Waals surface area contributed by atoms with Gasteiger partial charge < -0.3 is 19.5 Å². The molecule has 6 nitrogen and oxygen atoms in total. The van der Waals surface area contributed by atoms with Gasteiger partial charge in [-0.2, -0.15) is 0 Å². The van der Waals surface area contributed by atoms with Gasteiger partial charge in [0.1, 0.15) is 19.8 Å². The van der Waals surface area contributed by atoms with Crippen LogP contribution in [0.2, 0.25) is 0 Å². The van der Waals surface area contributed by atoms with E-state index in [1.54, 1.807) is 32.2 Å². The van der Waals surface area contributed by atoms with Crippen molar-refractivity contribution in [3.8, 4) is 0 Å². The van der Waals surface area contributed by atoms with Crippen molar-refractivity contribution in [2.75, 3.05) is 18.5 Å². The van der Waals surface area contributed by atoms with E-state index in [9.17, 15) is 9.18 Å². The SMILES string of the molecule is Bc1c(Cc2ccc(F)cc2)cnc(C(=O)OC(C)C)c1NC[C@@H]1COC(C)(C)O1. The number of carbonyl (C=O) groups is 1. The molecule has 2 aromatic rings. The van der Waals surface area contributed by atoms with Crippen molar-refractivity contribution in [1.82, 2.24) is 4.98 Å². The molecule has 1 aromatic heterocycles. The highest BCUT2D eigenvalue weighted by Gasteiger charge is 2.33. The van der Waals surface area contributed by atoms with Gasteiger partial charge in [-0.3, -0.25) is 0 Å². The van der Waals surface area contributed by atoms with Crippen LogP contribution in [0.25, 0.3) is 0 Å². The monoisotopic (exact) mass is 414 g/mol. The molecule has 0 spiro atoms. The van der Waals surface area contributed by atoms with Crippen LogP contribution >= 0.6 is 0 Å². The molecule has 0 bridgehead atoms. The van der Waals surface area contributed by atoms with Crippen molar-refractivity contribution in [1.29, 1.82) is 0 Å². The first-order valence-corrected chi connectivity index (χ1v) is 10.1. The topological polar surface area (TPSA) is 69.7 Å². The number of ether oxygens (including phenoxy) is 3. The highest BCUT2D eigenvalue weighted by molar-refractivity contribution is 6.37. The summed E-state index contributed by atoms with van der Waals surface area (Å²) >= 11 is 0. The summed E-state index contributed by atoms with van der Waals surface area (Å²) in [6.45, 7) is 8.27. The number of rotatable bonds is 7. The molecule has 0 amide bonds. The Hall–Kier alpha value is -2.45. The maximum atomic E-state index is 13.2. The van der Waals surface area contributed by atoms with Crippen LogP contribution in [0.3, 0.4) is 0 Å². The molecule has 1 N–H and O–H groups in total. The van der Waals surface area contributed by atoms with Crippen LogP contribution in [0.1, 0.15) is 49.3 Å². The van der Waals surface area contributed by atoms with Gasteiger partial charge in [0.2, 0.25) is 0 Å². The minimum absolute atomic E-state index is 0.144. The molecule has 1 aliphatic heterocycles. The van der Waals surface area contributed by atoms with E-state index in [4.69, 9.17) is 14.2 Å². The van der Waals surface area contributed by atoms with Crippen molar-refractivity contribution < 1.29 is 23.4 Å². The van der Waals surface area contributed by atoms with Gasteiger partial charge >= 0.3 is 5.97 Å². The predicted octanol–water partition coefficient (Wildman–Crippen LogP) is 2.20. The molecule has 160 valence electrons. The molecule has 8 heteroatoms. The lowest BCUT2D eigenvalue weighted by atomic mass is 9.86. The number of aromatic nitrogens is 1. The summed E-state index contributed by atoms with van der Waals surface area (Å²) in [6.07, 6.45) is 1.86. The molecule has 1 fully saturated rings. The molecule has 30 heavy (non-hydrogen) atoms. The number of carbonyl (C=O) groups excluding carboxylic acids is 1. The average molecular weight is 414 g/mol. The van der Waals surface area contributed by atoms with Crippen LogP contribution in [-0.2, 0) is 20.6 Å². The molecule has 2 heterocycles. The second-order valence-corrected chi connectivity index (χ2v) is 8.22. The second-order valence-electron chi connectivity index (χ2n) is 8.22. The standard InChI is InChI=1S/C22H28BFN2O4/c1-13(2)29-21(27)20-19(26-11-17-12-28-22(3,4)30-17)18(23)15(10-25-20)9-14-5-7-16(24)8-6-14/h5-8,10,13,17,26H,9,11-12,23H2,1-4H3/t17-/m1/s1. The fourth-order valence-corrected chi connectivity index (χ4v) is 3.36. The van der Waals surface area contributed by atoms with Crippen LogP contribution in [0.5, 0.6) is 0 Å². The quantitative estimate of drug-likeness (QED) is 0.554. The molecule has 1 aliphatic rings. The van der Waals surface area contributed by atoms with E-state index in [1.165, 1.54) is 12.1 Å². The maximum Gasteiger partial charge on any atom is 0.359 e. The normalized spacial score (nSPS) is 17.9. The zero-order chi connectivity index (χ0) is 21.9. The van der Waals surface area contributed by atoms with E-state index in [-0.39, 0.29) is 23.7 Å². The minimum Gasteiger partial charge on any atom is -0.458 e. The van der Waals surface area contributed by atoms with Crippen LogP contribution in [-0.4, -0.2) is 49.9 Å². The highest BCUT2D eigenvalue weighted by atomic mass is 19.1. The van der Waals surface area contributed by atoms with Gasteiger partial charge in [0.15, 0.2) is 11.5 Å². The summed E-state index contributed by atoms with van der Waals surface area (Å²) in [5, 5.41) is 3.32. The Morgan fingerprint density at radius 1 is 1.37 bits per heavy atom. The third kappa shape index (κ3) is 5.58. The van der Waals surface area contributed by atoms with E-state index < -0.39 is 11.8 Å². The fourth-order valence-electron chi connectivity index (χ4n) is 3.36. The van der Waals surface area contributed by atoms with Crippen LogP contribution in [0, 0.1) is 5.82 Å². The smallest absolute Gasteiger partial charge is 0.359 e. The molecule has 0 saturated carbocycles. The Labute approximate surface area is 177 Å². The van der Waals surface area contributed by atoms with Crippen molar-refractivity contribution in [2.24, 2.45) is 0 Å². The molecule has 0 aliphatic carbocycles. The molecule has 1 aromatic carbocycles. The molecular formula is C22H28BFN2O4. The van der Waals surface area contributed by atoms with Gasteiger partial charge in [-0.1, -0.05) is 17.6 Å². The zero-order valence-electron chi connectivity index (χ0n) is 18.1. The van der Waals surface area contributed by atoms with Crippen LogP contribution in [0.4, 0.5) is 10.1 Å². The third-order valence-corrected chi connectivity index (χ3v) is 4.86. The number of benzene rings is 1. The van der Waals surface area contributed by atoms with Gasteiger partial charge in [-0.25, -0.2) is 14.2 Å². The largest absolute Gasteiger partial charge is 0.458 e. The van der Waals surface area contributed by atoms with Gasteiger partial charge in [-0.05, 0) is 57.4 Å². The fraction of sp³-hybridized carbons (Fsp3) is 0.455. The van der Waals surface area contributed by atoms with E-state index in [0.717, 1.165) is 16.6 Å². The van der Waals surface area contributed by atoms with E-state index in [0.29, 0.717) is 25.3 Å². The van der Waals surface area contributed by atoms with Gasteiger partial charge in [0.25, 0.3) is 0 Å². The summed E-state index contributed by atoms with van der Waals surface area (Å²) in [4.78, 5) is 17.0. The van der Waals surface area contributed by atoms with Crippen LogP contribution < -0.4 is 10.8 Å².